The van der Waals surface area contributed by atoms with Gasteiger partial charge < -0.3 is 16.1 Å². The minimum atomic E-state index is -0.521. The summed E-state index contributed by atoms with van der Waals surface area (Å²) in [5.41, 5.74) is 13.6. The van der Waals surface area contributed by atoms with E-state index in [-0.39, 0.29) is 11.3 Å². The van der Waals surface area contributed by atoms with Gasteiger partial charge >= 0.3 is 0 Å². The largest absolute Gasteiger partial charge is 0.396 e. The van der Waals surface area contributed by atoms with E-state index in [0.717, 1.165) is 28.8 Å². The van der Waals surface area contributed by atoms with Crippen LogP contribution in [0.2, 0.25) is 0 Å². The summed E-state index contributed by atoms with van der Waals surface area (Å²) < 4.78 is 0. The van der Waals surface area contributed by atoms with Crippen molar-refractivity contribution in [3.8, 4) is 0 Å². The summed E-state index contributed by atoms with van der Waals surface area (Å²) in [6.07, 6.45) is 0.778. The van der Waals surface area contributed by atoms with E-state index < -0.39 is 5.41 Å². The molecule has 154 valence electrons. The zero-order valence-corrected chi connectivity index (χ0v) is 18.0. The van der Waals surface area contributed by atoms with Gasteiger partial charge in [-0.25, -0.2) is 0 Å². The third kappa shape index (κ3) is 4.15. The quantitative estimate of drug-likeness (QED) is 0.539. The van der Waals surface area contributed by atoms with Crippen LogP contribution in [0.4, 0.5) is 5.69 Å². The predicted octanol–water partition coefficient (Wildman–Crippen LogP) is 4.24. The molecule has 1 heterocycles. The van der Waals surface area contributed by atoms with Crippen LogP contribution in [0, 0.1) is 10.8 Å². The molecular formula is C24H32N4O. The predicted molar refractivity (Wildman–Crippen MR) is 120 cm³/mol. The van der Waals surface area contributed by atoms with Gasteiger partial charge in [-0.05, 0) is 23.5 Å². The number of nitrogens with one attached hydrogen (secondary N) is 1. The van der Waals surface area contributed by atoms with Crippen LogP contribution in [-0.2, 0) is 11.3 Å². The van der Waals surface area contributed by atoms with Crippen molar-refractivity contribution in [1.82, 2.24) is 5.43 Å². The Bertz CT molecular complexity index is 953. The number of nitrogens with two attached hydrogens (primary N) is 2. The molecule has 0 bridgehead atoms. The molecule has 0 fully saturated rings. The Morgan fingerprint density at radius 2 is 1.59 bits per heavy atom. The van der Waals surface area contributed by atoms with Crippen LogP contribution in [-0.4, -0.2) is 5.91 Å². The number of hydrazine groups is 1. The van der Waals surface area contributed by atoms with Crippen molar-refractivity contribution in [2.45, 2.75) is 47.6 Å². The highest BCUT2D eigenvalue weighted by Gasteiger charge is 2.38. The molecule has 0 aromatic heterocycles. The fourth-order valence-electron chi connectivity index (χ4n) is 4.48. The summed E-state index contributed by atoms with van der Waals surface area (Å²) in [5.74, 6) is 5.94. The van der Waals surface area contributed by atoms with Crippen molar-refractivity contribution in [3.63, 3.8) is 0 Å². The average Bonchev–Trinajstić information content (AvgIpc) is 2.64. The molecule has 0 unspecified atom stereocenters. The number of anilines is 1. The number of nitrogens with zero attached hydrogens (tertiary/aromatic N) is 1. The van der Waals surface area contributed by atoms with Gasteiger partial charge in [0.15, 0.2) is 0 Å². The molecule has 1 aliphatic rings. The third-order valence-corrected chi connectivity index (χ3v) is 5.31. The van der Waals surface area contributed by atoms with E-state index in [1.165, 1.54) is 0 Å². The Labute approximate surface area is 173 Å². The van der Waals surface area contributed by atoms with E-state index >= 15 is 0 Å². The number of carbonyl (C=O) groups excluding carboxylic acids is 1. The molecule has 5 N–H and O–H groups in total. The first-order valence-corrected chi connectivity index (χ1v) is 10.0. The van der Waals surface area contributed by atoms with Crippen molar-refractivity contribution < 1.29 is 4.79 Å². The number of hydrogen-bond acceptors (Lipinski definition) is 4. The molecule has 5 heteroatoms. The number of rotatable bonds is 3. The maximum absolute atomic E-state index is 13.8. The second-order valence-electron chi connectivity index (χ2n) is 9.62. The summed E-state index contributed by atoms with van der Waals surface area (Å²) in [6, 6.07) is 15.7. The lowest BCUT2D eigenvalue weighted by atomic mass is 9.75. The Kier molecular flexibility index (Phi) is 5.46. The van der Waals surface area contributed by atoms with E-state index in [2.05, 4.69) is 26.2 Å². The van der Waals surface area contributed by atoms with Crippen LogP contribution in [0.25, 0.3) is 11.4 Å². The molecule has 1 aliphatic heterocycles. The maximum atomic E-state index is 13.8. The third-order valence-electron chi connectivity index (χ3n) is 5.31. The first kappa shape index (κ1) is 20.9. The van der Waals surface area contributed by atoms with Gasteiger partial charge in [-0.1, -0.05) is 77.1 Å². The SMILES string of the molecule is CC(C)(C)CC(C)(C)C(=O)N1Cc2ccccc2/C(NN)=C(/N)c2ccccc21. The van der Waals surface area contributed by atoms with Crippen LogP contribution < -0.4 is 21.9 Å². The van der Waals surface area contributed by atoms with Crippen LogP contribution in [0.15, 0.2) is 48.5 Å². The van der Waals surface area contributed by atoms with Gasteiger partial charge in [0.2, 0.25) is 5.91 Å². The van der Waals surface area contributed by atoms with Crippen LogP contribution >= 0.6 is 0 Å². The van der Waals surface area contributed by atoms with E-state index in [1.54, 1.807) is 0 Å². The van der Waals surface area contributed by atoms with Gasteiger partial charge in [-0.3, -0.25) is 10.6 Å². The van der Waals surface area contributed by atoms with Crippen LogP contribution in [0.1, 0.15) is 57.7 Å². The van der Waals surface area contributed by atoms with Gasteiger partial charge in [-0.15, -0.1) is 0 Å². The standard InChI is InChI=1S/C24H32N4O/c1-23(2,3)15-24(4,5)22(29)28-14-16-10-6-7-11-17(16)21(27-26)20(25)18-12-8-9-13-19(18)28/h6-13,27H,14-15,25-26H2,1-5H3/b21-20-. The molecule has 3 rings (SSSR count). The number of carbonyl (C=O) groups is 1. The van der Waals surface area contributed by atoms with Crippen molar-refractivity contribution in [2.75, 3.05) is 4.90 Å². The molecule has 0 saturated carbocycles. The zero-order valence-electron chi connectivity index (χ0n) is 18.0. The van der Waals surface area contributed by atoms with E-state index in [0.29, 0.717) is 17.9 Å². The number of hydrogen-bond donors (Lipinski definition) is 3. The first-order valence-electron chi connectivity index (χ1n) is 10.0. The Balaban J connectivity index is 2.21. The topological polar surface area (TPSA) is 84.4 Å². The van der Waals surface area contributed by atoms with Crippen molar-refractivity contribution in [3.05, 3.63) is 65.2 Å². The summed E-state index contributed by atoms with van der Waals surface area (Å²) in [5, 5.41) is 0. The van der Waals surface area contributed by atoms with E-state index in [9.17, 15) is 4.79 Å². The van der Waals surface area contributed by atoms with Gasteiger partial charge in [0.05, 0.1) is 23.6 Å². The molecule has 2 aromatic rings. The molecule has 0 saturated heterocycles. The number of amides is 1. The molecule has 0 atom stereocenters. The molecule has 1 amide bonds. The molecule has 0 spiro atoms. The van der Waals surface area contributed by atoms with Crippen molar-refractivity contribution in [2.24, 2.45) is 22.4 Å². The zero-order chi connectivity index (χ0) is 21.4. The monoisotopic (exact) mass is 392 g/mol. The smallest absolute Gasteiger partial charge is 0.232 e. The first-order chi connectivity index (χ1) is 13.5. The van der Waals surface area contributed by atoms with E-state index in [4.69, 9.17) is 11.6 Å². The molecule has 29 heavy (non-hydrogen) atoms. The fourth-order valence-corrected chi connectivity index (χ4v) is 4.48. The molecule has 5 nitrogen and oxygen atoms in total. The Morgan fingerprint density at radius 1 is 1.00 bits per heavy atom. The van der Waals surface area contributed by atoms with Crippen molar-refractivity contribution >= 4 is 23.0 Å². The summed E-state index contributed by atoms with van der Waals surface area (Å²) in [4.78, 5) is 15.7. The Morgan fingerprint density at radius 3 is 2.21 bits per heavy atom. The van der Waals surface area contributed by atoms with Crippen molar-refractivity contribution in [1.29, 1.82) is 0 Å². The number of benzene rings is 2. The van der Waals surface area contributed by atoms with Crippen LogP contribution in [0.5, 0.6) is 0 Å². The van der Waals surface area contributed by atoms with Gasteiger partial charge in [0.25, 0.3) is 0 Å². The molecule has 0 radical (unpaired) electrons. The number of para-hydroxylation sites is 1. The summed E-state index contributed by atoms with van der Waals surface area (Å²) in [7, 11) is 0. The summed E-state index contributed by atoms with van der Waals surface area (Å²) >= 11 is 0. The summed E-state index contributed by atoms with van der Waals surface area (Å²) in [6.45, 7) is 11.0. The number of fused-ring (bicyclic) bond motifs is 2. The molecule has 0 aliphatic carbocycles. The van der Waals surface area contributed by atoms with Gasteiger partial charge in [0, 0.05) is 16.5 Å². The highest BCUT2D eigenvalue weighted by atomic mass is 16.2. The minimum absolute atomic E-state index is 0.0366. The van der Waals surface area contributed by atoms with Gasteiger partial charge in [0.1, 0.15) is 0 Å². The minimum Gasteiger partial charge on any atom is -0.396 e. The maximum Gasteiger partial charge on any atom is 0.232 e. The fraction of sp³-hybridized carbons (Fsp3) is 0.375. The van der Waals surface area contributed by atoms with Gasteiger partial charge in [-0.2, -0.15) is 0 Å². The average molecular weight is 393 g/mol. The lowest BCUT2D eigenvalue weighted by Gasteiger charge is -2.38. The second kappa shape index (κ2) is 7.56. The lowest BCUT2D eigenvalue weighted by molar-refractivity contribution is -0.128. The highest BCUT2D eigenvalue weighted by Crippen LogP contribution is 2.39. The Hall–Kier alpha value is -2.79. The highest BCUT2D eigenvalue weighted by molar-refractivity contribution is 6.03. The van der Waals surface area contributed by atoms with Crippen LogP contribution in [0.3, 0.4) is 0 Å². The lowest BCUT2D eigenvalue weighted by Crippen LogP contribution is -2.43. The molecule has 2 aromatic carbocycles. The normalized spacial score (nSPS) is 17.1. The molecular weight excluding hydrogens is 360 g/mol. The second-order valence-corrected chi connectivity index (χ2v) is 9.62. The van der Waals surface area contributed by atoms with E-state index in [1.807, 2.05) is 67.3 Å².